The second-order valence-electron chi connectivity index (χ2n) is 10.8. The van der Waals surface area contributed by atoms with Crippen LogP contribution in [0.25, 0.3) is 12.2 Å². The molecular weight excluding hydrogens is 450 g/mol. The van der Waals surface area contributed by atoms with Gasteiger partial charge in [-0.3, -0.25) is 4.79 Å². The van der Waals surface area contributed by atoms with Gasteiger partial charge in [-0.15, -0.1) is 0 Å². The number of unbranched alkanes of at least 4 members (excludes halogenated alkanes) is 12. The Morgan fingerprint density at radius 2 is 1.27 bits per heavy atom. The lowest BCUT2D eigenvalue weighted by molar-refractivity contribution is -0.121. The number of amides is 1. The van der Waals surface area contributed by atoms with Gasteiger partial charge < -0.3 is 5.32 Å². The first-order valence-corrected chi connectivity index (χ1v) is 15.2. The molecule has 2 aromatic carbocycles. The third kappa shape index (κ3) is 14.2. The highest BCUT2D eigenvalue weighted by Crippen LogP contribution is 2.18. The quantitative estimate of drug-likeness (QED) is 0.141. The first-order valence-electron chi connectivity index (χ1n) is 15.2. The van der Waals surface area contributed by atoms with E-state index in [1.54, 1.807) is 0 Å². The van der Waals surface area contributed by atoms with Gasteiger partial charge in [0.05, 0.1) is 0 Å². The highest BCUT2D eigenvalue weighted by atomic mass is 16.1. The van der Waals surface area contributed by atoms with E-state index in [0.717, 1.165) is 25.8 Å². The molecule has 0 fully saturated rings. The molecule has 0 unspecified atom stereocenters. The fourth-order valence-corrected chi connectivity index (χ4v) is 5.03. The van der Waals surface area contributed by atoms with Crippen LogP contribution in [-0.2, 0) is 11.2 Å². The Balaban J connectivity index is 1.49. The van der Waals surface area contributed by atoms with Crippen LogP contribution in [0.3, 0.4) is 0 Å². The molecule has 0 aliphatic carbocycles. The lowest BCUT2D eigenvalue weighted by Gasteiger charge is -2.07. The number of benzene rings is 2. The summed E-state index contributed by atoms with van der Waals surface area (Å²) in [6, 6.07) is 15.2. The molecule has 2 heteroatoms. The largest absolute Gasteiger partial charge is 0.356 e. The Hall–Kier alpha value is -2.35. The number of carbonyl (C=O) groups is 1. The van der Waals surface area contributed by atoms with E-state index in [2.05, 4.69) is 80.7 Å². The summed E-state index contributed by atoms with van der Waals surface area (Å²) in [6.07, 6.45) is 24.5. The van der Waals surface area contributed by atoms with Gasteiger partial charge in [0.15, 0.2) is 0 Å². The summed E-state index contributed by atoms with van der Waals surface area (Å²) in [5, 5.41) is 3.12. The van der Waals surface area contributed by atoms with Crippen LogP contribution in [0.2, 0.25) is 0 Å². The van der Waals surface area contributed by atoms with Crippen molar-refractivity contribution in [3.8, 4) is 0 Å². The lowest BCUT2D eigenvalue weighted by Crippen LogP contribution is -2.24. The smallest absolute Gasteiger partial charge is 0.219 e. The summed E-state index contributed by atoms with van der Waals surface area (Å²) in [5.74, 6) is 0.216. The number of rotatable bonds is 20. The summed E-state index contributed by atoms with van der Waals surface area (Å²) in [6.45, 7) is 7.37. The fourth-order valence-electron chi connectivity index (χ4n) is 5.03. The molecule has 0 heterocycles. The fraction of sp³-hybridized carbons (Fsp3) is 0.571. The van der Waals surface area contributed by atoms with Crippen molar-refractivity contribution in [3.63, 3.8) is 0 Å². The molecule has 2 rings (SSSR count). The predicted octanol–water partition coefficient (Wildman–Crippen LogP) is 10.0. The summed E-state index contributed by atoms with van der Waals surface area (Å²) in [5.41, 5.74) is 6.48. The SMILES string of the molecule is CCCCCCCCCCCCCCCC(=O)NCCCc1cccc(/C=C/c2c(C)cccc2C)c1. The Labute approximate surface area is 228 Å². The first kappa shape index (κ1) is 30.9. The lowest BCUT2D eigenvalue weighted by atomic mass is 10.0. The van der Waals surface area contributed by atoms with Crippen molar-refractivity contribution < 1.29 is 4.79 Å². The molecule has 0 bridgehead atoms. The molecule has 1 amide bonds. The van der Waals surface area contributed by atoms with Crippen molar-refractivity contribution in [2.75, 3.05) is 6.54 Å². The third-order valence-electron chi connectivity index (χ3n) is 7.41. The molecular formula is C35H53NO. The standard InChI is InChI=1S/C35H53NO/c1-4-5-6-7-8-9-10-11-12-13-14-15-16-25-35(37)36-28-19-24-32-22-18-23-33(29-32)26-27-34-30(2)20-17-21-31(34)3/h17-18,20-23,26-27,29H,4-16,19,24-25,28H2,1-3H3,(H,36,37)/b27-26+. The van der Waals surface area contributed by atoms with Crippen LogP contribution in [0.4, 0.5) is 0 Å². The second-order valence-corrected chi connectivity index (χ2v) is 10.8. The van der Waals surface area contributed by atoms with E-state index < -0.39 is 0 Å². The number of aryl methyl sites for hydroxylation is 3. The predicted molar refractivity (Wildman–Crippen MR) is 163 cm³/mol. The van der Waals surface area contributed by atoms with Gasteiger partial charge in [-0.05, 0) is 60.9 Å². The van der Waals surface area contributed by atoms with E-state index in [9.17, 15) is 4.79 Å². The second kappa shape index (κ2) is 19.7. The first-order chi connectivity index (χ1) is 18.1. The van der Waals surface area contributed by atoms with E-state index >= 15 is 0 Å². The van der Waals surface area contributed by atoms with Crippen LogP contribution in [0, 0.1) is 13.8 Å². The third-order valence-corrected chi connectivity index (χ3v) is 7.41. The molecule has 37 heavy (non-hydrogen) atoms. The van der Waals surface area contributed by atoms with Gasteiger partial charge in [-0.2, -0.15) is 0 Å². The zero-order valence-corrected chi connectivity index (χ0v) is 24.1. The van der Waals surface area contributed by atoms with Gasteiger partial charge in [0.2, 0.25) is 5.91 Å². The average molecular weight is 504 g/mol. The highest BCUT2D eigenvalue weighted by molar-refractivity contribution is 5.75. The van der Waals surface area contributed by atoms with Crippen molar-refractivity contribution in [3.05, 3.63) is 70.3 Å². The van der Waals surface area contributed by atoms with Crippen molar-refractivity contribution in [1.29, 1.82) is 0 Å². The zero-order chi connectivity index (χ0) is 26.6. The van der Waals surface area contributed by atoms with Crippen LogP contribution in [0.15, 0.2) is 42.5 Å². The van der Waals surface area contributed by atoms with Crippen molar-refractivity contribution in [2.45, 2.75) is 124 Å². The van der Waals surface area contributed by atoms with E-state index in [0.29, 0.717) is 6.42 Å². The molecule has 2 nitrogen and oxygen atoms in total. The maximum Gasteiger partial charge on any atom is 0.219 e. The van der Waals surface area contributed by atoms with Gasteiger partial charge in [-0.25, -0.2) is 0 Å². The van der Waals surface area contributed by atoms with Gasteiger partial charge in [-0.1, -0.05) is 139 Å². The Morgan fingerprint density at radius 3 is 1.89 bits per heavy atom. The molecule has 0 radical (unpaired) electrons. The maximum absolute atomic E-state index is 12.2. The van der Waals surface area contributed by atoms with Crippen molar-refractivity contribution in [2.24, 2.45) is 0 Å². The minimum absolute atomic E-state index is 0.216. The number of carbonyl (C=O) groups excluding carboxylic acids is 1. The summed E-state index contributed by atoms with van der Waals surface area (Å²) in [7, 11) is 0. The Morgan fingerprint density at radius 1 is 0.703 bits per heavy atom. The highest BCUT2D eigenvalue weighted by Gasteiger charge is 2.02. The van der Waals surface area contributed by atoms with E-state index in [-0.39, 0.29) is 5.91 Å². The van der Waals surface area contributed by atoms with Crippen LogP contribution in [0.5, 0.6) is 0 Å². The number of nitrogens with one attached hydrogen (secondary N) is 1. The van der Waals surface area contributed by atoms with Gasteiger partial charge in [0, 0.05) is 13.0 Å². The molecule has 1 N–H and O–H groups in total. The van der Waals surface area contributed by atoms with Crippen LogP contribution in [0.1, 0.15) is 131 Å². The summed E-state index contributed by atoms with van der Waals surface area (Å²) in [4.78, 5) is 12.2. The van der Waals surface area contributed by atoms with E-state index in [1.165, 1.54) is 105 Å². The average Bonchev–Trinajstić information content (AvgIpc) is 2.89. The minimum atomic E-state index is 0.216. The van der Waals surface area contributed by atoms with Gasteiger partial charge in [0.25, 0.3) is 0 Å². The normalized spacial score (nSPS) is 11.3. The zero-order valence-electron chi connectivity index (χ0n) is 24.1. The minimum Gasteiger partial charge on any atom is -0.356 e. The van der Waals surface area contributed by atoms with Crippen molar-refractivity contribution >= 4 is 18.1 Å². The summed E-state index contributed by atoms with van der Waals surface area (Å²) >= 11 is 0. The molecule has 0 aromatic heterocycles. The molecule has 0 aliphatic heterocycles. The van der Waals surface area contributed by atoms with Crippen LogP contribution in [-0.4, -0.2) is 12.5 Å². The van der Waals surface area contributed by atoms with E-state index in [1.807, 2.05) is 0 Å². The number of hydrogen-bond acceptors (Lipinski definition) is 1. The van der Waals surface area contributed by atoms with Gasteiger partial charge >= 0.3 is 0 Å². The van der Waals surface area contributed by atoms with Crippen LogP contribution < -0.4 is 5.32 Å². The molecule has 0 atom stereocenters. The van der Waals surface area contributed by atoms with E-state index in [4.69, 9.17) is 0 Å². The summed E-state index contributed by atoms with van der Waals surface area (Å²) < 4.78 is 0. The van der Waals surface area contributed by atoms with Crippen molar-refractivity contribution in [1.82, 2.24) is 5.32 Å². The van der Waals surface area contributed by atoms with Gasteiger partial charge in [0.1, 0.15) is 0 Å². The molecule has 0 saturated heterocycles. The topological polar surface area (TPSA) is 29.1 Å². The monoisotopic (exact) mass is 503 g/mol. The number of hydrogen-bond donors (Lipinski definition) is 1. The Bertz CT molecular complexity index is 893. The molecule has 204 valence electrons. The Kier molecular flexibility index (Phi) is 16.5. The van der Waals surface area contributed by atoms with Crippen LogP contribution >= 0.6 is 0 Å². The molecule has 0 saturated carbocycles. The molecule has 0 aliphatic rings. The molecule has 2 aromatic rings. The maximum atomic E-state index is 12.2. The molecule has 0 spiro atoms.